The summed E-state index contributed by atoms with van der Waals surface area (Å²) in [6, 6.07) is 13.0. The molecule has 0 radical (unpaired) electrons. The number of amides is 4. The van der Waals surface area contributed by atoms with E-state index in [9.17, 15) is 34.0 Å². The summed E-state index contributed by atoms with van der Waals surface area (Å²) in [5.41, 5.74) is 1.31. The first-order valence-electron chi connectivity index (χ1n) is 11.4. The van der Waals surface area contributed by atoms with E-state index in [-0.39, 0.29) is 38.8 Å². The molecule has 12 heteroatoms. The van der Waals surface area contributed by atoms with Gasteiger partial charge in [-0.2, -0.15) is 0 Å². The van der Waals surface area contributed by atoms with E-state index in [0.29, 0.717) is 22.3 Å². The van der Waals surface area contributed by atoms with E-state index in [1.165, 1.54) is 0 Å². The molecule has 0 aromatic heterocycles. The van der Waals surface area contributed by atoms with E-state index in [1.807, 2.05) is 0 Å². The first-order valence-corrected chi connectivity index (χ1v) is 12.6. The van der Waals surface area contributed by atoms with E-state index < -0.39 is 44.5 Å². The standard InChI is InChI=1S/C24H25N2O9P/c27-19(11-5-13-25-21(29)15-7-1-2-8-16(15)22(25)30)34-36(33)35-20(28)12-6-14-26-23(31)17-9-3-4-10-18(17)24(26)32/h1-4,7-10,19-20,27-28,36H,5-6,11-14H2. The summed E-state index contributed by atoms with van der Waals surface area (Å²) in [7, 11) is -3.26. The zero-order chi connectivity index (χ0) is 25.8. The Balaban J connectivity index is 1.13. The molecule has 2 aliphatic heterocycles. The van der Waals surface area contributed by atoms with Crippen LogP contribution in [0.4, 0.5) is 0 Å². The number of imide groups is 2. The van der Waals surface area contributed by atoms with Crippen LogP contribution >= 0.6 is 8.25 Å². The van der Waals surface area contributed by atoms with Crippen LogP contribution in [0.15, 0.2) is 48.5 Å². The van der Waals surface area contributed by atoms with Crippen LogP contribution in [0.3, 0.4) is 0 Å². The number of carbonyl (C=O) groups excluding carboxylic acids is 4. The second-order valence-electron chi connectivity index (χ2n) is 8.29. The van der Waals surface area contributed by atoms with E-state index in [4.69, 9.17) is 9.05 Å². The van der Waals surface area contributed by atoms with Gasteiger partial charge in [-0.3, -0.25) is 42.6 Å². The lowest BCUT2D eigenvalue weighted by molar-refractivity contribution is -0.0653. The third kappa shape index (κ3) is 5.45. The zero-order valence-corrected chi connectivity index (χ0v) is 20.2. The lowest BCUT2D eigenvalue weighted by Crippen LogP contribution is -2.31. The first-order chi connectivity index (χ1) is 17.3. The molecule has 4 rings (SSSR count). The highest BCUT2D eigenvalue weighted by molar-refractivity contribution is 7.33. The molecule has 2 atom stereocenters. The van der Waals surface area contributed by atoms with Crippen molar-refractivity contribution in [2.24, 2.45) is 0 Å². The predicted molar refractivity (Wildman–Crippen MR) is 125 cm³/mol. The Morgan fingerprint density at radius 3 is 1.25 bits per heavy atom. The molecular weight excluding hydrogens is 491 g/mol. The van der Waals surface area contributed by atoms with Gasteiger partial charge in [0.1, 0.15) is 0 Å². The number of hydrogen-bond donors (Lipinski definition) is 2. The van der Waals surface area contributed by atoms with Gasteiger partial charge in [-0.05, 0) is 37.1 Å². The SMILES string of the molecule is O=C1c2ccccc2C(=O)N1CCCC(O)O[PH](=O)OC(O)CCCN1C(=O)c2ccccc2C1=O. The minimum atomic E-state index is -3.26. The molecule has 0 saturated carbocycles. The second-order valence-corrected chi connectivity index (χ2v) is 9.27. The number of hydrogen-bond acceptors (Lipinski definition) is 9. The minimum absolute atomic E-state index is 0.0248. The van der Waals surface area contributed by atoms with Crippen LogP contribution in [0.5, 0.6) is 0 Å². The molecule has 0 bridgehead atoms. The average Bonchev–Trinajstić information content (AvgIpc) is 3.24. The van der Waals surface area contributed by atoms with Crippen LogP contribution in [0.2, 0.25) is 0 Å². The Bertz CT molecular complexity index is 1060. The number of nitrogens with zero attached hydrogens (tertiary/aromatic N) is 2. The minimum Gasteiger partial charge on any atom is -0.368 e. The molecule has 0 saturated heterocycles. The van der Waals surface area contributed by atoms with Crippen LogP contribution in [0, 0.1) is 0 Å². The Hall–Kier alpha value is -3.21. The summed E-state index contributed by atoms with van der Waals surface area (Å²) in [6.07, 6.45) is -2.63. The fourth-order valence-corrected chi connectivity index (χ4v) is 4.84. The van der Waals surface area contributed by atoms with E-state index in [0.717, 1.165) is 9.80 Å². The van der Waals surface area contributed by atoms with Crippen molar-refractivity contribution < 1.29 is 43.0 Å². The molecule has 2 aromatic rings. The topological polar surface area (TPSA) is 151 Å². The van der Waals surface area contributed by atoms with Gasteiger partial charge in [0.05, 0.1) is 22.3 Å². The summed E-state index contributed by atoms with van der Waals surface area (Å²) >= 11 is 0. The fraction of sp³-hybridized carbons (Fsp3) is 0.333. The highest BCUT2D eigenvalue weighted by atomic mass is 31.1. The maximum Gasteiger partial charge on any atom is 0.323 e. The van der Waals surface area contributed by atoms with Crippen LogP contribution in [-0.2, 0) is 13.6 Å². The van der Waals surface area contributed by atoms with Gasteiger partial charge in [-0.15, -0.1) is 0 Å². The van der Waals surface area contributed by atoms with Crippen LogP contribution in [-0.4, -0.2) is 69.3 Å². The molecule has 0 spiro atoms. The molecule has 190 valence electrons. The van der Waals surface area contributed by atoms with Crippen molar-refractivity contribution in [3.05, 3.63) is 70.8 Å². The zero-order valence-electron chi connectivity index (χ0n) is 19.2. The van der Waals surface area contributed by atoms with Crippen molar-refractivity contribution in [2.75, 3.05) is 13.1 Å². The number of aliphatic hydroxyl groups is 2. The lowest BCUT2D eigenvalue weighted by Gasteiger charge is -2.18. The molecule has 36 heavy (non-hydrogen) atoms. The monoisotopic (exact) mass is 516 g/mol. The lowest BCUT2D eigenvalue weighted by atomic mass is 10.1. The van der Waals surface area contributed by atoms with Crippen molar-refractivity contribution in [1.29, 1.82) is 0 Å². The molecule has 4 amide bonds. The van der Waals surface area contributed by atoms with Crippen molar-refractivity contribution in [1.82, 2.24) is 9.80 Å². The van der Waals surface area contributed by atoms with Gasteiger partial charge >= 0.3 is 8.25 Å². The van der Waals surface area contributed by atoms with Gasteiger partial charge < -0.3 is 10.2 Å². The summed E-state index contributed by atoms with van der Waals surface area (Å²) in [6.45, 7) is 0.101. The molecule has 2 unspecified atom stereocenters. The summed E-state index contributed by atoms with van der Waals surface area (Å²) in [5, 5.41) is 19.9. The number of benzene rings is 2. The van der Waals surface area contributed by atoms with Gasteiger partial charge in [0.2, 0.25) is 0 Å². The van der Waals surface area contributed by atoms with Gasteiger partial charge in [-0.25, -0.2) is 0 Å². The summed E-state index contributed by atoms with van der Waals surface area (Å²) < 4.78 is 21.7. The van der Waals surface area contributed by atoms with Crippen LogP contribution < -0.4 is 0 Å². The Morgan fingerprint density at radius 2 is 0.944 bits per heavy atom. The molecule has 0 fully saturated rings. The van der Waals surface area contributed by atoms with Crippen LogP contribution in [0.1, 0.15) is 67.1 Å². The van der Waals surface area contributed by atoms with Gasteiger partial charge in [0.25, 0.3) is 23.6 Å². The van der Waals surface area contributed by atoms with Crippen molar-refractivity contribution in [3.8, 4) is 0 Å². The number of rotatable bonds is 12. The van der Waals surface area contributed by atoms with E-state index in [1.54, 1.807) is 48.5 Å². The number of fused-ring (bicyclic) bond motifs is 2. The molecule has 2 aromatic carbocycles. The third-order valence-electron chi connectivity index (χ3n) is 5.89. The van der Waals surface area contributed by atoms with E-state index in [2.05, 4.69) is 0 Å². The Kier molecular flexibility index (Phi) is 8.07. The highest BCUT2D eigenvalue weighted by Crippen LogP contribution is 2.30. The summed E-state index contributed by atoms with van der Waals surface area (Å²) in [5.74, 6) is -1.64. The first kappa shape index (κ1) is 25.9. The molecule has 0 aliphatic carbocycles. The van der Waals surface area contributed by atoms with Crippen LogP contribution in [0.25, 0.3) is 0 Å². The average molecular weight is 516 g/mol. The van der Waals surface area contributed by atoms with E-state index >= 15 is 0 Å². The highest BCUT2D eigenvalue weighted by Gasteiger charge is 2.35. The van der Waals surface area contributed by atoms with Crippen molar-refractivity contribution in [3.63, 3.8) is 0 Å². The smallest absolute Gasteiger partial charge is 0.323 e. The molecule has 2 heterocycles. The Morgan fingerprint density at radius 1 is 0.639 bits per heavy atom. The number of aliphatic hydroxyl groups excluding tert-OH is 2. The van der Waals surface area contributed by atoms with Gasteiger partial charge in [0, 0.05) is 25.9 Å². The number of carbonyl (C=O) groups is 4. The van der Waals surface area contributed by atoms with Crippen molar-refractivity contribution >= 4 is 31.9 Å². The summed E-state index contributed by atoms with van der Waals surface area (Å²) in [4.78, 5) is 51.5. The van der Waals surface area contributed by atoms with Gasteiger partial charge in [0.15, 0.2) is 12.6 Å². The van der Waals surface area contributed by atoms with Crippen molar-refractivity contribution in [2.45, 2.75) is 38.3 Å². The van der Waals surface area contributed by atoms with Gasteiger partial charge in [-0.1, -0.05) is 24.3 Å². The maximum atomic E-state index is 12.3. The fourth-order valence-electron chi connectivity index (χ4n) is 4.10. The third-order valence-corrected chi connectivity index (χ3v) is 6.82. The predicted octanol–water partition coefficient (Wildman–Crippen LogP) is 2.20. The molecule has 2 N–H and O–H groups in total. The second kappa shape index (κ2) is 11.2. The maximum absolute atomic E-state index is 12.3. The Labute approximate surface area is 207 Å². The largest absolute Gasteiger partial charge is 0.368 e. The quantitative estimate of drug-likeness (QED) is 0.246. The molecular formula is C24H25N2O9P. The molecule has 2 aliphatic rings. The molecule has 11 nitrogen and oxygen atoms in total. The normalized spacial score (nSPS) is 17.4.